The molecule has 4 rings (SSSR count). The lowest BCUT2D eigenvalue weighted by Gasteiger charge is -2.19. The molecule has 0 saturated carbocycles. The molecular weight excluding hydrogens is 362 g/mol. The van der Waals surface area contributed by atoms with Crippen LogP contribution in [0.25, 0.3) is 11.3 Å². The smallest absolute Gasteiger partial charge is 0.230 e. The van der Waals surface area contributed by atoms with Crippen LogP contribution >= 0.6 is 22.9 Å². The van der Waals surface area contributed by atoms with Crippen LogP contribution in [0.15, 0.2) is 17.5 Å². The van der Waals surface area contributed by atoms with Gasteiger partial charge in [-0.25, -0.2) is 4.98 Å². The lowest BCUT2D eigenvalue weighted by atomic mass is 10.1. The molecule has 0 aliphatic carbocycles. The zero-order chi connectivity index (χ0) is 17.4. The SMILES string of the molecule is CN1CCC(C(=O)Nc2nc(-c3cc4c(cc3Cl)OCCO4)cs2)C1. The zero-order valence-corrected chi connectivity index (χ0v) is 15.3. The Kier molecular flexibility index (Phi) is 4.54. The molecule has 6 nitrogen and oxygen atoms in total. The summed E-state index contributed by atoms with van der Waals surface area (Å²) in [6.45, 7) is 2.78. The van der Waals surface area contributed by atoms with Crippen molar-refractivity contribution in [1.82, 2.24) is 9.88 Å². The number of nitrogens with one attached hydrogen (secondary N) is 1. The van der Waals surface area contributed by atoms with E-state index in [2.05, 4.69) is 15.2 Å². The van der Waals surface area contributed by atoms with Gasteiger partial charge in [0.2, 0.25) is 5.91 Å². The van der Waals surface area contributed by atoms with Crippen LogP contribution in [0.4, 0.5) is 5.13 Å². The Morgan fingerprint density at radius 3 is 2.84 bits per heavy atom. The maximum atomic E-state index is 12.3. The molecule has 1 fully saturated rings. The molecule has 132 valence electrons. The van der Waals surface area contributed by atoms with Crippen LogP contribution in [0.2, 0.25) is 5.02 Å². The number of fused-ring (bicyclic) bond motifs is 1. The highest BCUT2D eigenvalue weighted by molar-refractivity contribution is 7.14. The van der Waals surface area contributed by atoms with Crippen LogP contribution < -0.4 is 14.8 Å². The number of likely N-dealkylation sites (tertiary alicyclic amines) is 1. The fraction of sp³-hybridized carbons (Fsp3) is 0.412. The number of hydrogen-bond acceptors (Lipinski definition) is 6. The third-order valence-electron chi connectivity index (χ3n) is 4.40. The molecule has 2 aromatic rings. The van der Waals surface area contributed by atoms with Gasteiger partial charge in [0.1, 0.15) is 13.2 Å². The third-order valence-corrected chi connectivity index (χ3v) is 5.47. The Hall–Kier alpha value is -1.83. The number of nitrogens with zero attached hydrogens (tertiary/aromatic N) is 2. The molecule has 1 atom stereocenters. The van der Waals surface area contributed by atoms with Gasteiger partial charge in [0.25, 0.3) is 0 Å². The molecule has 0 radical (unpaired) electrons. The van der Waals surface area contributed by atoms with Gasteiger partial charge < -0.3 is 19.7 Å². The van der Waals surface area contributed by atoms with E-state index in [0.717, 1.165) is 25.1 Å². The molecule has 3 heterocycles. The van der Waals surface area contributed by atoms with Crippen molar-refractivity contribution >= 4 is 34.0 Å². The monoisotopic (exact) mass is 379 g/mol. The summed E-state index contributed by atoms with van der Waals surface area (Å²) in [7, 11) is 2.03. The van der Waals surface area contributed by atoms with Crippen LogP contribution in [0.1, 0.15) is 6.42 Å². The van der Waals surface area contributed by atoms with Crippen molar-refractivity contribution in [3.63, 3.8) is 0 Å². The summed E-state index contributed by atoms with van der Waals surface area (Å²) in [5.74, 6) is 1.36. The average molecular weight is 380 g/mol. The van der Waals surface area contributed by atoms with E-state index in [1.807, 2.05) is 18.5 Å². The number of halogens is 1. The maximum absolute atomic E-state index is 12.3. The number of carbonyl (C=O) groups is 1. The normalized spacial score (nSPS) is 19.8. The van der Waals surface area contributed by atoms with Crippen molar-refractivity contribution in [2.24, 2.45) is 5.92 Å². The van der Waals surface area contributed by atoms with Gasteiger partial charge in [0.05, 0.1) is 16.6 Å². The van der Waals surface area contributed by atoms with Crippen molar-refractivity contribution in [3.05, 3.63) is 22.5 Å². The number of aromatic nitrogens is 1. The zero-order valence-electron chi connectivity index (χ0n) is 13.8. The standard InChI is InChI=1S/C17H18ClN3O3S/c1-21-3-2-10(8-21)16(22)20-17-19-13(9-25-17)11-6-14-15(7-12(11)18)24-5-4-23-14/h6-7,9-10H,2-5,8H2,1H3,(H,19,20,22). The van der Waals surface area contributed by atoms with E-state index in [-0.39, 0.29) is 11.8 Å². The van der Waals surface area contributed by atoms with Gasteiger partial charge in [-0.2, -0.15) is 0 Å². The van der Waals surface area contributed by atoms with Gasteiger partial charge in [0, 0.05) is 23.6 Å². The highest BCUT2D eigenvalue weighted by Gasteiger charge is 2.27. The summed E-state index contributed by atoms with van der Waals surface area (Å²) < 4.78 is 11.1. The summed E-state index contributed by atoms with van der Waals surface area (Å²) in [6, 6.07) is 3.58. The molecule has 8 heteroatoms. The van der Waals surface area contributed by atoms with Crippen LogP contribution in [0.5, 0.6) is 11.5 Å². The van der Waals surface area contributed by atoms with Gasteiger partial charge in [-0.3, -0.25) is 4.79 Å². The fourth-order valence-electron chi connectivity index (χ4n) is 3.07. The molecule has 2 aliphatic heterocycles. The molecule has 2 aliphatic rings. The number of benzene rings is 1. The number of anilines is 1. The van der Waals surface area contributed by atoms with Crippen molar-refractivity contribution in [2.75, 3.05) is 38.7 Å². The number of ether oxygens (including phenoxy) is 2. The minimum atomic E-state index is 0.0234. The molecule has 1 N–H and O–H groups in total. The number of hydrogen-bond donors (Lipinski definition) is 1. The number of carbonyl (C=O) groups excluding carboxylic acids is 1. The Bertz CT molecular complexity index is 810. The third kappa shape index (κ3) is 3.44. The van der Waals surface area contributed by atoms with Crippen molar-refractivity contribution in [3.8, 4) is 22.8 Å². The second kappa shape index (κ2) is 6.82. The minimum absolute atomic E-state index is 0.0234. The number of rotatable bonds is 3. The number of thiazole rings is 1. The van der Waals surface area contributed by atoms with E-state index in [1.165, 1.54) is 11.3 Å². The molecule has 1 saturated heterocycles. The Labute approximate surface area is 154 Å². The van der Waals surface area contributed by atoms with Crippen LogP contribution in [0.3, 0.4) is 0 Å². The second-order valence-corrected chi connectivity index (χ2v) is 7.52. The van der Waals surface area contributed by atoms with E-state index in [1.54, 1.807) is 6.07 Å². The first-order valence-corrected chi connectivity index (χ1v) is 9.40. The Morgan fingerprint density at radius 2 is 2.12 bits per heavy atom. The molecule has 1 amide bonds. The van der Waals surface area contributed by atoms with Gasteiger partial charge in [-0.15, -0.1) is 11.3 Å². The highest BCUT2D eigenvalue weighted by atomic mass is 35.5. The average Bonchev–Trinajstić information content (AvgIpc) is 3.23. The molecule has 1 unspecified atom stereocenters. The van der Waals surface area contributed by atoms with Gasteiger partial charge in [0.15, 0.2) is 16.6 Å². The van der Waals surface area contributed by atoms with Gasteiger partial charge in [-0.1, -0.05) is 11.6 Å². The van der Waals surface area contributed by atoms with Crippen LogP contribution in [0, 0.1) is 5.92 Å². The molecular formula is C17H18ClN3O3S. The highest BCUT2D eigenvalue weighted by Crippen LogP contribution is 2.40. The van der Waals surface area contributed by atoms with E-state index >= 15 is 0 Å². The van der Waals surface area contributed by atoms with Crippen molar-refractivity contribution in [1.29, 1.82) is 0 Å². The molecule has 1 aromatic heterocycles. The summed E-state index contributed by atoms with van der Waals surface area (Å²) >= 11 is 7.76. The topological polar surface area (TPSA) is 63.7 Å². The van der Waals surface area contributed by atoms with Crippen LogP contribution in [-0.4, -0.2) is 49.1 Å². The first-order valence-electron chi connectivity index (χ1n) is 8.14. The largest absolute Gasteiger partial charge is 0.486 e. The van der Waals surface area contributed by atoms with Crippen LogP contribution in [-0.2, 0) is 4.79 Å². The van der Waals surface area contributed by atoms with Gasteiger partial charge >= 0.3 is 0 Å². The first kappa shape index (κ1) is 16.6. The lowest BCUT2D eigenvalue weighted by Crippen LogP contribution is -2.25. The van der Waals surface area contributed by atoms with E-state index < -0.39 is 0 Å². The fourth-order valence-corrected chi connectivity index (χ4v) is 4.04. The van der Waals surface area contributed by atoms with E-state index in [9.17, 15) is 4.79 Å². The second-order valence-electron chi connectivity index (χ2n) is 6.25. The van der Waals surface area contributed by atoms with Gasteiger partial charge in [-0.05, 0) is 26.1 Å². The minimum Gasteiger partial charge on any atom is -0.486 e. The first-order chi connectivity index (χ1) is 12.1. The molecule has 0 bridgehead atoms. The van der Waals surface area contributed by atoms with Crippen molar-refractivity contribution in [2.45, 2.75) is 6.42 Å². The summed E-state index contributed by atoms with van der Waals surface area (Å²) in [5, 5.41) is 5.93. The predicted molar refractivity (Wildman–Crippen MR) is 97.8 cm³/mol. The Balaban J connectivity index is 1.52. The van der Waals surface area contributed by atoms with E-state index in [4.69, 9.17) is 21.1 Å². The summed E-state index contributed by atoms with van der Waals surface area (Å²) in [5.41, 5.74) is 1.48. The predicted octanol–water partition coefficient (Wildman–Crippen LogP) is 3.12. The Morgan fingerprint density at radius 1 is 1.36 bits per heavy atom. The van der Waals surface area contributed by atoms with E-state index in [0.29, 0.717) is 40.6 Å². The maximum Gasteiger partial charge on any atom is 0.230 e. The quantitative estimate of drug-likeness (QED) is 0.887. The molecule has 25 heavy (non-hydrogen) atoms. The summed E-state index contributed by atoms with van der Waals surface area (Å²) in [4.78, 5) is 19.0. The number of amides is 1. The van der Waals surface area contributed by atoms with Crippen molar-refractivity contribution < 1.29 is 14.3 Å². The summed E-state index contributed by atoms with van der Waals surface area (Å²) in [6.07, 6.45) is 0.883. The molecule has 0 spiro atoms. The lowest BCUT2D eigenvalue weighted by molar-refractivity contribution is -0.119. The molecule has 1 aromatic carbocycles.